The van der Waals surface area contributed by atoms with Crippen molar-refractivity contribution in [1.29, 1.82) is 0 Å². The Bertz CT molecular complexity index is 265. The van der Waals surface area contributed by atoms with E-state index >= 15 is 0 Å². The summed E-state index contributed by atoms with van der Waals surface area (Å²) >= 11 is 0. The monoisotopic (exact) mass is 181 g/mol. The van der Waals surface area contributed by atoms with Gasteiger partial charge in [-0.2, -0.15) is 5.10 Å². The first-order valence-corrected chi connectivity index (χ1v) is 4.96. The Kier molecular flexibility index (Phi) is 3.34. The first kappa shape index (κ1) is 10.1. The quantitative estimate of drug-likeness (QED) is 0.775. The number of rotatable bonds is 4. The molecular formula is C10H19N3. The summed E-state index contributed by atoms with van der Waals surface area (Å²) in [5.74, 6) is 0.626. The van der Waals surface area contributed by atoms with Crippen LogP contribution in [0.25, 0.3) is 0 Å². The number of hydrogen-bond donors (Lipinski definition) is 1. The van der Waals surface area contributed by atoms with Crippen molar-refractivity contribution in [2.45, 2.75) is 46.1 Å². The molecule has 0 saturated carbocycles. The van der Waals surface area contributed by atoms with Gasteiger partial charge >= 0.3 is 0 Å². The van der Waals surface area contributed by atoms with Crippen LogP contribution >= 0.6 is 0 Å². The number of nitrogens with two attached hydrogens (primary N) is 1. The number of hydrogen-bond acceptors (Lipinski definition) is 2. The molecule has 1 atom stereocenters. The molecule has 1 heterocycles. The van der Waals surface area contributed by atoms with Crippen molar-refractivity contribution in [1.82, 2.24) is 9.78 Å². The molecule has 1 unspecified atom stereocenters. The van der Waals surface area contributed by atoms with E-state index in [0.29, 0.717) is 11.9 Å². The summed E-state index contributed by atoms with van der Waals surface area (Å²) in [4.78, 5) is 0. The van der Waals surface area contributed by atoms with Crippen LogP contribution in [-0.2, 0) is 0 Å². The summed E-state index contributed by atoms with van der Waals surface area (Å²) in [7, 11) is 0. The van der Waals surface area contributed by atoms with E-state index in [2.05, 4.69) is 18.9 Å². The first-order valence-electron chi connectivity index (χ1n) is 4.96. The van der Waals surface area contributed by atoms with Crippen LogP contribution in [-0.4, -0.2) is 9.78 Å². The summed E-state index contributed by atoms with van der Waals surface area (Å²) in [6.07, 6.45) is 3.67. The molecule has 0 aromatic carbocycles. The summed E-state index contributed by atoms with van der Waals surface area (Å²) in [6.45, 7) is 6.44. The van der Waals surface area contributed by atoms with E-state index in [1.54, 1.807) is 0 Å². The average molecular weight is 181 g/mol. The molecule has 1 aromatic rings. The van der Waals surface area contributed by atoms with E-state index < -0.39 is 0 Å². The van der Waals surface area contributed by atoms with Crippen molar-refractivity contribution in [2.24, 2.45) is 0 Å². The van der Waals surface area contributed by atoms with E-state index in [1.165, 1.54) is 19.3 Å². The Balaban J connectivity index is 2.64. The molecule has 0 aliphatic rings. The van der Waals surface area contributed by atoms with E-state index in [1.807, 2.05) is 17.7 Å². The third-order valence-electron chi connectivity index (χ3n) is 2.33. The lowest BCUT2D eigenvalue weighted by Gasteiger charge is -2.13. The fourth-order valence-corrected chi connectivity index (χ4v) is 1.58. The van der Waals surface area contributed by atoms with Gasteiger partial charge < -0.3 is 5.73 Å². The highest BCUT2D eigenvalue weighted by Crippen LogP contribution is 2.17. The number of anilines is 1. The lowest BCUT2D eigenvalue weighted by atomic mass is 10.1. The second-order valence-electron chi connectivity index (χ2n) is 3.65. The maximum atomic E-state index is 5.61. The zero-order chi connectivity index (χ0) is 9.84. The molecule has 2 N–H and O–H groups in total. The van der Waals surface area contributed by atoms with Gasteiger partial charge in [-0.05, 0) is 20.3 Å². The Morgan fingerprint density at radius 1 is 1.62 bits per heavy atom. The number of aromatic nitrogens is 2. The van der Waals surface area contributed by atoms with Gasteiger partial charge in [0.2, 0.25) is 0 Å². The van der Waals surface area contributed by atoms with Gasteiger partial charge in [0, 0.05) is 17.8 Å². The van der Waals surface area contributed by atoms with Crippen LogP contribution in [0.2, 0.25) is 0 Å². The fraction of sp³-hybridized carbons (Fsp3) is 0.700. The average Bonchev–Trinajstić information content (AvgIpc) is 2.41. The molecule has 0 fully saturated rings. The summed E-state index contributed by atoms with van der Waals surface area (Å²) in [6, 6.07) is 2.39. The van der Waals surface area contributed by atoms with Crippen molar-refractivity contribution >= 4 is 5.82 Å². The van der Waals surface area contributed by atoms with Gasteiger partial charge in [-0.25, -0.2) is 0 Å². The molecule has 1 aromatic heterocycles. The summed E-state index contributed by atoms with van der Waals surface area (Å²) < 4.78 is 2.02. The van der Waals surface area contributed by atoms with Gasteiger partial charge in [-0.3, -0.25) is 4.68 Å². The molecule has 0 aliphatic carbocycles. The van der Waals surface area contributed by atoms with Gasteiger partial charge in [0.1, 0.15) is 5.82 Å². The van der Waals surface area contributed by atoms with Crippen molar-refractivity contribution in [3.63, 3.8) is 0 Å². The van der Waals surface area contributed by atoms with Crippen LogP contribution in [0.1, 0.15) is 44.8 Å². The maximum absolute atomic E-state index is 5.61. The molecule has 0 radical (unpaired) electrons. The second kappa shape index (κ2) is 4.30. The molecule has 0 spiro atoms. The predicted octanol–water partition coefficient (Wildman–Crippen LogP) is 2.52. The highest BCUT2D eigenvalue weighted by molar-refractivity contribution is 5.28. The number of aryl methyl sites for hydroxylation is 1. The zero-order valence-corrected chi connectivity index (χ0v) is 8.75. The number of nitrogens with zero attached hydrogens (tertiary/aromatic N) is 2. The predicted molar refractivity (Wildman–Crippen MR) is 55.6 cm³/mol. The fourth-order valence-electron chi connectivity index (χ4n) is 1.58. The summed E-state index contributed by atoms with van der Waals surface area (Å²) in [5.41, 5.74) is 6.77. The molecular weight excluding hydrogens is 162 g/mol. The standard InChI is InChI=1S/C10H19N3/c1-4-5-6-8(2)13-9(3)7-10(11)12-13/h7-8H,4-6H2,1-3H3,(H2,11,12). The third-order valence-corrected chi connectivity index (χ3v) is 2.33. The van der Waals surface area contributed by atoms with Crippen LogP contribution in [0.4, 0.5) is 5.82 Å². The third kappa shape index (κ3) is 2.47. The van der Waals surface area contributed by atoms with Crippen molar-refractivity contribution in [3.05, 3.63) is 11.8 Å². The maximum Gasteiger partial charge on any atom is 0.145 e. The molecule has 1 rings (SSSR count). The van der Waals surface area contributed by atoms with Crippen LogP contribution in [0.3, 0.4) is 0 Å². The van der Waals surface area contributed by atoms with Gasteiger partial charge in [0.25, 0.3) is 0 Å². The molecule has 0 saturated heterocycles. The molecule has 3 heteroatoms. The van der Waals surface area contributed by atoms with E-state index in [4.69, 9.17) is 5.73 Å². The van der Waals surface area contributed by atoms with E-state index in [-0.39, 0.29) is 0 Å². The van der Waals surface area contributed by atoms with Crippen LogP contribution in [0.15, 0.2) is 6.07 Å². The van der Waals surface area contributed by atoms with Gasteiger partial charge in [0.15, 0.2) is 0 Å². The first-order chi connectivity index (χ1) is 6.15. The lowest BCUT2D eigenvalue weighted by Crippen LogP contribution is -2.08. The Morgan fingerprint density at radius 2 is 2.31 bits per heavy atom. The highest BCUT2D eigenvalue weighted by Gasteiger charge is 2.08. The van der Waals surface area contributed by atoms with Crippen LogP contribution < -0.4 is 5.73 Å². The molecule has 3 nitrogen and oxygen atoms in total. The number of unbranched alkanes of at least 4 members (excludes halogenated alkanes) is 1. The molecule has 13 heavy (non-hydrogen) atoms. The molecule has 0 amide bonds. The van der Waals surface area contributed by atoms with Crippen molar-refractivity contribution < 1.29 is 0 Å². The van der Waals surface area contributed by atoms with E-state index in [0.717, 1.165) is 5.69 Å². The minimum absolute atomic E-state index is 0.470. The Hall–Kier alpha value is -0.990. The van der Waals surface area contributed by atoms with Crippen LogP contribution in [0.5, 0.6) is 0 Å². The zero-order valence-electron chi connectivity index (χ0n) is 8.75. The lowest BCUT2D eigenvalue weighted by molar-refractivity contribution is 0.437. The largest absolute Gasteiger partial charge is 0.382 e. The minimum atomic E-state index is 0.470. The topological polar surface area (TPSA) is 43.8 Å². The summed E-state index contributed by atoms with van der Waals surface area (Å²) in [5, 5.41) is 4.26. The minimum Gasteiger partial charge on any atom is -0.382 e. The molecule has 0 aliphatic heterocycles. The Morgan fingerprint density at radius 3 is 2.77 bits per heavy atom. The SMILES string of the molecule is CCCCC(C)n1nc(N)cc1C. The number of nitrogen functional groups attached to an aromatic ring is 1. The highest BCUT2D eigenvalue weighted by atomic mass is 15.3. The van der Waals surface area contributed by atoms with Gasteiger partial charge in [-0.15, -0.1) is 0 Å². The normalized spacial score (nSPS) is 13.2. The smallest absolute Gasteiger partial charge is 0.145 e. The molecule has 74 valence electrons. The van der Waals surface area contributed by atoms with Gasteiger partial charge in [0.05, 0.1) is 0 Å². The molecule has 0 bridgehead atoms. The van der Waals surface area contributed by atoms with Gasteiger partial charge in [-0.1, -0.05) is 19.8 Å². The second-order valence-corrected chi connectivity index (χ2v) is 3.65. The van der Waals surface area contributed by atoms with Crippen LogP contribution in [0, 0.1) is 6.92 Å². The van der Waals surface area contributed by atoms with E-state index in [9.17, 15) is 0 Å². The van der Waals surface area contributed by atoms with Crippen molar-refractivity contribution in [3.8, 4) is 0 Å². The Labute approximate surface area is 79.9 Å². The van der Waals surface area contributed by atoms with Crippen molar-refractivity contribution in [2.75, 3.05) is 5.73 Å².